The molecule has 3 aromatic carbocycles. The number of carbonyl (C=O) groups is 2. The van der Waals surface area contributed by atoms with Crippen molar-refractivity contribution in [2.45, 2.75) is 6.18 Å². The minimum atomic E-state index is -4.60. The number of hydrogen-bond acceptors (Lipinski definition) is 2. The number of rotatable bonds is 5. The molecule has 0 aliphatic heterocycles. The number of anilines is 1. The molecule has 30 heavy (non-hydrogen) atoms. The van der Waals surface area contributed by atoms with E-state index < -0.39 is 22.7 Å². The van der Waals surface area contributed by atoms with Crippen LogP contribution in [0.4, 0.5) is 18.9 Å². The van der Waals surface area contributed by atoms with Crippen LogP contribution in [0.15, 0.2) is 78.9 Å². The van der Waals surface area contributed by atoms with E-state index in [4.69, 9.17) is 11.6 Å². The molecule has 0 unspecified atom stereocenters. The zero-order valence-electron chi connectivity index (χ0n) is 15.4. The molecular formula is C23H15ClF3NO2. The van der Waals surface area contributed by atoms with E-state index in [9.17, 15) is 22.8 Å². The van der Waals surface area contributed by atoms with Crippen molar-refractivity contribution in [3.63, 3.8) is 0 Å². The summed E-state index contributed by atoms with van der Waals surface area (Å²) < 4.78 is 38.9. The number of hydrogen-bond donors (Lipinski definition) is 1. The Hall–Kier alpha value is -3.38. The Bertz CT molecular complexity index is 1110. The first-order chi connectivity index (χ1) is 14.3. The number of alkyl halides is 3. The second kappa shape index (κ2) is 8.97. The smallest absolute Gasteiger partial charge is 0.322 e. The summed E-state index contributed by atoms with van der Waals surface area (Å²) in [6, 6.07) is 18.4. The van der Waals surface area contributed by atoms with Crippen LogP contribution in [-0.4, -0.2) is 11.7 Å². The maximum Gasteiger partial charge on any atom is 0.417 e. The van der Waals surface area contributed by atoms with Crippen molar-refractivity contribution in [2.24, 2.45) is 0 Å². The fraction of sp³-hybridized carbons (Fsp3) is 0.0435. The van der Waals surface area contributed by atoms with Gasteiger partial charge in [0.25, 0.3) is 0 Å². The van der Waals surface area contributed by atoms with Crippen molar-refractivity contribution in [1.82, 2.24) is 0 Å². The van der Waals surface area contributed by atoms with Crippen LogP contribution in [0.3, 0.4) is 0 Å². The van der Waals surface area contributed by atoms with Gasteiger partial charge in [0.15, 0.2) is 5.78 Å². The third-order valence-corrected chi connectivity index (χ3v) is 4.52. The number of para-hydroxylation sites is 1. The molecule has 0 heterocycles. The summed E-state index contributed by atoms with van der Waals surface area (Å²) >= 11 is 5.59. The van der Waals surface area contributed by atoms with Crippen LogP contribution in [-0.2, 0) is 11.0 Å². The monoisotopic (exact) mass is 429 g/mol. The second-order valence-electron chi connectivity index (χ2n) is 6.30. The van der Waals surface area contributed by atoms with Gasteiger partial charge in [0, 0.05) is 17.2 Å². The standard InChI is InChI=1S/C23H15ClF3NO2/c24-19-12-10-15(14-18(19)23(25,26)27)11-13-21(29)28-20-9-5-4-8-17(20)22(30)16-6-2-1-3-7-16/h1-14H,(H,28,29)/b13-11+. The number of amides is 1. The summed E-state index contributed by atoms with van der Waals surface area (Å²) in [6.45, 7) is 0. The van der Waals surface area contributed by atoms with Gasteiger partial charge in [-0.05, 0) is 35.9 Å². The van der Waals surface area contributed by atoms with Crippen LogP contribution in [0.2, 0.25) is 5.02 Å². The van der Waals surface area contributed by atoms with Gasteiger partial charge in [-0.25, -0.2) is 0 Å². The zero-order chi connectivity index (χ0) is 21.7. The first-order valence-corrected chi connectivity index (χ1v) is 9.18. The Labute approximate surface area is 175 Å². The predicted molar refractivity (Wildman–Crippen MR) is 110 cm³/mol. The molecule has 1 amide bonds. The summed E-state index contributed by atoms with van der Waals surface area (Å²) in [5.41, 5.74) is 0.251. The van der Waals surface area contributed by atoms with Crippen molar-refractivity contribution in [2.75, 3.05) is 5.32 Å². The van der Waals surface area contributed by atoms with Gasteiger partial charge in [-0.2, -0.15) is 13.2 Å². The van der Waals surface area contributed by atoms with E-state index in [-0.39, 0.29) is 11.3 Å². The number of carbonyl (C=O) groups excluding carboxylic acids is 2. The van der Waals surface area contributed by atoms with Crippen LogP contribution < -0.4 is 5.32 Å². The third kappa shape index (κ3) is 5.15. The van der Waals surface area contributed by atoms with E-state index in [1.54, 1.807) is 54.6 Å². The molecule has 7 heteroatoms. The largest absolute Gasteiger partial charge is 0.417 e. The highest BCUT2D eigenvalue weighted by Crippen LogP contribution is 2.35. The van der Waals surface area contributed by atoms with E-state index in [0.29, 0.717) is 16.8 Å². The van der Waals surface area contributed by atoms with Crippen LogP contribution in [0.1, 0.15) is 27.0 Å². The third-order valence-electron chi connectivity index (χ3n) is 4.19. The van der Waals surface area contributed by atoms with E-state index in [1.165, 1.54) is 12.1 Å². The van der Waals surface area contributed by atoms with Gasteiger partial charge in [-0.15, -0.1) is 0 Å². The molecule has 0 aliphatic carbocycles. The Kier molecular flexibility index (Phi) is 6.37. The molecule has 0 radical (unpaired) electrons. The topological polar surface area (TPSA) is 46.2 Å². The van der Waals surface area contributed by atoms with Crippen molar-refractivity contribution in [3.05, 3.63) is 106 Å². The summed E-state index contributed by atoms with van der Waals surface area (Å²) in [5.74, 6) is -0.852. The first kappa shape index (κ1) is 21.3. The molecule has 3 nitrogen and oxygen atoms in total. The maximum atomic E-state index is 13.0. The van der Waals surface area contributed by atoms with Gasteiger partial charge in [0.05, 0.1) is 16.3 Å². The number of nitrogens with one attached hydrogen (secondary N) is 1. The highest BCUT2D eigenvalue weighted by Gasteiger charge is 2.33. The lowest BCUT2D eigenvalue weighted by atomic mass is 10.0. The van der Waals surface area contributed by atoms with Crippen molar-refractivity contribution >= 4 is 35.1 Å². The number of ketones is 1. The molecule has 0 spiro atoms. The highest BCUT2D eigenvalue weighted by atomic mass is 35.5. The van der Waals surface area contributed by atoms with Crippen molar-refractivity contribution in [3.8, 4) is 0 Å². The fourth-order valence-corrected chi connectivity index (χ4v) is 2.97. The molecule has 152 valence electrons. The lowest BCUT2D eigenvalue weighted by molar-refractivity contribution is -0.137. The fourth-order valence-electron chi connectivity index (χ4n) is 2.75. The molecule has 0 aromatic heterocycles. The second-order valence-corrected chi connectivity index (χ2v) is 6.71. The molecule has 3 rings (SSSR count). The summed E-state index contributed by atoms with van der Waals surface area (Å²) in [5, 5.41) is 2.17. The minimum Gasteiger partial charge on any atom is -0.322 e. The van der Waals surface area contributed by atoms with Crippen molar-refractivity contribution in [1.29, 1.82) is 0 Å². The van der Waals surface area contributed by atoms with E-state index in [0.717, 1.165) is 18.2 Å². The molecule has 0 saturated heterocycles. The predicted octanol–water partition coefficient (Wildman–Crippen LogP) is 6.24. The van der Waals surface area contributed by atoms with Crippen LogP contribution >= 0.6 is 11.6 Å². The van der Waals surface area contributed by atoms with Crippen LogP contribution in [0.5, 0.6) is 0 Å². The molecule has 0 atom stereocenters. The highest BCUT2D eigenvalue weighted by molar-refractivity contribution is 6.31. The van der Waals surface area contributed by atoms with E-state index in [2.05, 4.69) is 5.32 Å². The summed E-state index contributed by atoms with van der Waals surface area (Å²) in [4.78, 5) is 25.0. The maximum absolute atomic E-state index is 13.0. The van der Waals surface area contributed by atoms with E-state index >= 15 is 0 Å². The van der Waals surface area contributed by atoms with Gasteiger partial charge < -0.3 is 5.32 Å². The van der Waals surface area contributed by atoms with Gasteiger partial charge in [0.2, 0.25) is 5.91 Å². The Morgan fingerprint density at radius 2 is 1.57 bits per heavy atom. The summed E-state index contributed by atoms with van der Waals surface area (Å²) in [7, 11) is 0. The zero-order valence-corrected chi connectivity index (χ0v) is 16.2. The number of halogens is 4. The summed E-state index contributed by atoms with van der Waals surface area (Å²) in [6.07, 6.45) is -2.27. The van der Waals surface area contributed by atoms with Crippen LogP contribution in [0, 0.1) is 0 Å². The number of benzene rings is 3. The van der Waals surface area contributed by atoms with Gasteiger partial charge in [0.1, 0.15) is 0 Å². The van der Waals surface area contributed by atoms with Gasteiger partial charge >= 0.3 is 6.18 Å². The molecule has 0 saturated carbocycles. The lowest BCUT2D eigenvalue weighted by Crippen LogP contribution is -2.12. The van der Waals surface area contributed by atoms with Gasteiger partial charge in [-0.3, -0.25) is 9.59 Å². The molecule has 1 N–H and O–H groups in total. The molecule has 0 bridgehead atoms. The molecule has 0 fully saturated rings. The Balaban J connectivity index is 1.79. The lowest BCUT2D eigenvalue weighted by Gasteiger charge is -2.10. The van der Waals surface area contributed by atoms with E-state index in [1.807, 2.05) is 0 Å². The Morgan fingerprint density at radius 3 is 2.27 bits per heavy atom. The SMILES string of the molecule is O=C(/C=C/c1ccc(Cl)c(C(F)(F)F)c1)Nc1ccccc1C(=O)c1ccccc1. The molecular weight excluding hydrogens is 415 g/mol. The van der Waals surface area contributed by atoms with Gasteiger partial charge in [-0.1, -0.05) is 60.1 Å². The van der Waals surface area contributed by atoms with Crippen molar-refractivity contribution < 1.29 is 22.8 Å². The molecule has 0 aliphatic rings. The average Bonchev–Trinajstić information content (AvgIpc) is 2.73. The Morgan fingerprint density at radius 1 is 0.900 bits per heavy atom. The normalized spacial score (nSPS) is 11.5. The average molecular weight is 430 g/mol. The minimum absolute atomic E-state index is 0.163. The quantitative estimate of drug-likeness (QED) is 0.385. The first-order valence-electron chi connectivity index (χ1n) is 8.80. The van der Waals surface area contributed by atoms with Crippen LogP contribution in [0.25, 0.3) is 6.08 Å². The molecule has 3 aromatic rings.